The zero-order valence-electron chi connectivity index (χ0n) is 11.9. The largest absolute Gasteiger partial charge is 0.494 e. The number of esters is 1. The number of benzene rings is 1. The van der Waals surface area contributed by atoms with Crippen LogP contribution in [0.2, 0.25) is 0 Å². The van der Waals surface area contributed by atoms with E-state index in [2.05, 4.69) is 28.1 Å². The van der Waals surface area contributed by atoms with E-state index in [9.17, 15) is 4.79 Å². The highest BCUT2D eigenvalue weighted by Gasteiger charge is 2.25. The minimum atomic E-state index is -0.0944. The molecule has 3 nitrogen and oxygen atoms in total. The third-order valence-corrected chi connectivity index (χ3v) is 4.14. The maximum Gasteiger partial charge on any atom is 0.306 e. The first-order valence-electron chi connectivity index (χ1n) is 7.21. The lowest BCUT2D eigenvalue weighted by Gasteiger charge is -2.12. The van der Waals surface area contributed by atoms with Crippen molar-refractivity contribution in [1.82, 2.24) is 0 Å². The molecule has 1 unspecified atom stereocenters. The maximum atomic E-state index is 11.6. The number of hydrogen-bond donors (Lipinski definition) is 0. The van der Waals surface area contributed by atoms with Crippen LogP contribution >= 0.6 is 15.9 Å². The SMILES string of the molecule is CCOC(=O)CC1CCc2cc(OCCCBr)ccc21. The molecule has 1 aliphatic rings. The Hall–Kier alpha value is -1.03. The molecule has 4 heteroatoms. The molecule has 0 bridgehead atoms. The number of alkyl halides is 1. The molecule has 1 aromatic rings. The van der Waals surface area contributed by atoms with Gasteiger partial charge in [-0.1, -0.05) is 22.0 Å². The third-order valence-electron chi connectivity index (χ3n) is 3.58. The zero-order valence-corrected chi connectivity index (χ0v) is 13.4. The van der Waals surface area contributed by atoms with Crippen molar-refractivity contribution >= 4 is 21.9 Å². The summed E-state index contributed by atoms with van der Waals surface area (Å²) in [5.74, 6) is 1.14. The predicted octanol–water partition coefficient (Wildman–Crippen LogP) is 3.83. The van der Waals surface area contributed by atoms with E-state index < -0.39 is 0 Å². The summed E-state index contributed by atoms with van der Waals surface area (Å²) in [6.45, 7) is 3.03. The second-order valence-corrected chi connectivity index (χ2v) is 5.79. The van der Waals surface area contributed by atoms with Gasteiger partial charge in [0, 0.05) is 5.33 Å². The Kier molecular flexibility index (Phi) is 5.89. The van der Waals surface area contributed by atoms with Gasteiger partial charge >= 0.3 is 5.97 Å². The van der Waals surface area contributed by atoms with Crippen molar-refractivity contribution in [1.29, 1.82) is 0 Å². The Morgan fingerprint density at radius 3 is 3.05 bits per heavy atom. The van der Waals surface area contributed by atoms with Crippen molar-refractivity contribution in [3.05, 3.63) is 29.3 Å². The lowest BCUT2D eigenvalue weighted by Crippen LogP contribution is -2.08. The first-order valence-corrected chi connectivity index (χ1v) is 8.34. The van der Waals surface area contributed by atoms with E-state index in [1.165, 1.54) is 11.1 Å². The van der Waals surface area contributed by atoms with Crippen LogP contribution in [-0.4, -0.2) is 24.5 Å². The minimum Gasteiger partial charge on any atom is -0.494 e. The van der Waals surface area contributed by atoms with Crippen LogP contribution in [0.1, 0.15) is 43.2 Å². The first-order chi connectivity index (χ1) is 9.74. The van der Waals surface area contributed by atoms with Crippen LogP contribution < -0.4 is 4.74 Å². The molecule has 0 saturated carbocycles. The lowest BCUT2D eigenvalue weighted by molar-refractivity contribution is -0.143. The monoisotopic (exact) mass is 340 g/mol. The summed E-state index contributed by atoms with van der Waals surface area (Å²) in [7, 11) is 0. The Bertz CT molecular complexity index is 459. The number of rotatable bonds is 7. The predicted molar refractivity (Wildman–Crippen MR) is 82.7 cm³/mol. The van der Waals surface area contributed by atoms with Crippen molar-refractivity contribution in [3.63, 3.8) is 0 Å². The van der Waals surface area contributed by atoms with Crippen LogP contribution in [0.3, 0.4) is 0 Å². The van der Waals surface area contributed by atoms with Gasteiger partial charge in [-0.15, -0.1) is 0 Å². The normalized spacial score (nSPS) is 16.8. The molecule has 0 saturated heterocycles. The molecule has 2 rings (SSSR count). The van der Waals surface area contributed by atoms with Crippen molar-refractivity contribution in [2.75, 3.05) is 18.5 Å². The van der Waals surface area contributed by atoms with Crippen LogP contribution in [0.25, 0.3) is 0 Å². The Morgan fingerprint density at radius 1 is 1.45 bits per heavy atom. The molecule has 0 amide bonds. The van der Waals surface area contributed by atoms with E-state index in [0.29, 0.717) is 18.9 Å². The van der Waals surface area contributed by atoms with Gasteiger partial charge in [0.25, 0.3) is 0 Å². The highest BCUT2D eigenvalue weighted by molar-refractivity contribution is 9.09. The van der Waals surface area contributed by atoms with Crippen LogP contribution in [-0.2, 0) is 16.0 Å². The second kappa shape index (κ2) is 7.67. The third kappa shape index (κ3) is 3.98. The van der Waals surface area contributed by atoms with Gasteiger partial charge in [0.1, 0.15) is 5.75 Å². The number of carbonyl (C=O) groups is 1. The van der Waals surface area contributed by atoms with Crippen LogP contribution in [0.5, 0.6) is 5.75 Å². The topological polar surface area (TPSA) is 35.5 Å². The van der Waals surface area contributed by atoms with Gasteiger partial charge in [-0.05, 0) is 55.4 Å². The number of halogens is 1. The smallest absolute Gasteiger partial charge is 0.306 e. The van der Waals surface area contributed by atoms with Crippen molar-refractivity contribution < 1.29 is 14.3 Å². The van der Waals surface area contributed by atoms with Crippen molar-refractivity contribution in [3.8, 4) is 5.75 Å². The summed E-state index contributed by atoms with van der Waals surface area (Å²) in [6.07, 6.45) is 3.54. The van der Waals surface area contributed by atoms with Gasteiger partial charge < -0.3 is 9.47 Å². The molecule has 0 heterocycles. The molecule has 1 atom stereocenters. The van der Waals surface area contributed by atoms with Gasteiger partial charge in [-0.3, -0.25) is 4.79 Å². The zero-order chi connectivity index (χ0) is 14.4. The highest BCUT2D eigenvalue weighted by atomic mass is 79.9. The Labute approximate surface area is 128 Å². The second-order valence-electron chi connectivity index (χ2n) is 5.00. The van der Waals surface area contributed by atoms with Gasteiger partial charge in [0.2, 0.25) is 0 Å². The fourth-order valence-corrected chi connectivity index (χ4v) is 2.88. The molecule has 1 aliphatic carbocycles. The summed E-state index contributed by atoms with van der Waals surface area (Å²) in [4.78, 5) is 11.6. The van der Waals surface area contributed by atoms with E-state index >= 15 is 0 Å². The van der Waals surface area contributed by atoms with Crippen LogP contribution in [0.15, 0.2) is 18.2 Å². The number of aryl methyl sites for hydroxylation is 1. The van der Waals surface area contributed by atoms with Crippen LogP contribution in [0, 0.1) is 0 Å². The highest BCUT2D eigenvalue weighted by Crippen LogP contribution is 2.37. The minimum absolute atomic E-state index is 0.0944. The first kappa shape index (κ1) is 15.4. The van der Waals surface area contributed by atoms with E-state index in [1.54, 1.807) is 0 Å². The quantitative estimate of drug-likeness (QED) is 0.430. The molecule has 0 radical (unpaired) electrons. The molecule has 110 valence electrons. The summed E-state index contributed by atoms with van der Waals surface area (Å²) in [5, 5.41) is 0.958. The molecule has 0 spiro atoms. The standard InChI is InChI=1S/C16H21BrO3/c1-2-19-16(18)11-13-5-4-12-10-14(6-7-15(12)13)20-9-3-8-17/h6-7,10,13H,2-5,8-9,11H2,1H3. The number of hydrogen-bond acceptors (Lipinski definition) is 3. The van der Waals surface area contributed by atoms with Crippen molar-refractivity contribution in [2.24, 2.45) is 0 Å². The molecular formula is C16H21BrO3. The fraction of sp³-hybridized carbons (Fsp3) is 0.562. The number of fused-ring (bicyclic) bond motifs is 1. The van der Waals surface area contributed by atoms with Gasteiger partial charge in [-0.2, -0.15) is 0 Å². The lowest BCUT2D eigenvalue weighted by atomic mass is 9.98. The molecule has 0 aromatic heterocycles. The average Bonchev–Trinajstić information content (AvgIpc) is 2.82. The van der Waals surface area contributed by atoms with Crippen molar-refractivity contribution in [2.45, 2.75) is 38.5 Å². The Balaban J connectivity index is 1.97. The van der Waals surface area contributed by atoms with E-state index in [4.69, 9.17) is 9.47 Å². The van der Waals surface area contributed by atoms with Gasteiger partial charge in [0.15, 0.2) is 0 Å². The average molecular weight is 341 g/mol. The van der Waals surface area contributed by atoms with Crippen LogP contribution in [0.4, 0.5) is 0 Å². The molecule has 1 aromatic carbocycles. The van der Waals surface area contributed by atoms with Gasteiger partial charge in [-0.25, -0.2) is 0 Å². The summed E-state index contributed by atoms with van der Waals surface area (Å²) in [6, 6.07) is 6.24. The summed E-state index contributed by atoms with van der Waals surface area (Å²) < 4.78 is 10.7. The summed E-state index contributed by atoms with van der Waals surface area (Å²) in [5.41, 5.74) is 2.60. The van der Waals surface area contributed by atoms with E-state index in [0.717, 1.165) is 36.9 Å². The summed E-state index contributed by atoms with van der Waals surface area (Å²) >= 11 is 3.39. The molecule has 0 N–H and O–H groups in total. The van der Waals surface area contributed by atoms with E-state index in [1.807, 2.05) is 13.0 Å². The Morgan fingerprint density at radius 2 is 2.30 bits per heavy atom. The van der Waals surface area contributed by atoms with Gasteiger partial charge in [0.05, 0.1) is 19.6 Å². The molecule has 0 aliphatic heterocycles. The molecule has 0 fully saturated rings. The maximum absolute atomic E-state index is 11.6. The molecular weight excluding hydrogens is 320 g/mol. The molecule has 20 heavy (non-hydrogen) atoms. The number of carbonyl (C=O) groups excluding carboxylic acids is 1. The fourth-order valence-electron chi connectivity index (χ4n) is 2.65. The number of ether oxygens (including phenoxy) is 2. The van der Waals surface area contributed by atoms with E-state index in [-0.39, 0.29) is 5.97 Å².